The molecule has 0 unspecified atom stereocenters. The molecule has 0 aromatic carbocycles. The van der Waals surface area contributed by atoms with Gasteiger partial charge in [-0.05, 0) is 66.0 Å². The second-order valence-corrected chi connectivity index (χ2v) is 4.93. The molecule has 0 bridgehead atoms. The largest absolute Gasteiger partial charge is 0.393 e. The van der Waals surface area contributed by atoms with Gasteiger partial charge in [0.15, 0.2) is 0 Å². The van der Waals surface area contributed by atoms with E-state index in [1.54, 1.807) is 0 Å². The van der Waals surface area contributed by atoms with Gasteiger partial charge in [0.2, 0.25) is 0 Å². The van der Waals surface area contributed by atoms with Crippen molar-refractivity contribution in [2.45, 2.75) is 37.8 Å². The number of aliphatic hydroxyl groups is 1. The second kappa shape index (κ2) is 8.01. The first kappa shape index (κ1) is 13.9. The molecule has 96 valence electrons. The summed E-state index contributed by atoms with van der Waals surface area (Å²) in [6.07, 6.45) is 4.46. The molecular weight excluding hydrogens is 202 g/mol. The van der Waals surface area contributed by atoms with Crippen molar-refractivity contribution in [3.8, 4) is 0 Å². The van der Waals surface area contributed by atoms with Crippen molar-refractivity contribution in [3.05, 3.63) is 0 Å². The van der Waals surface area contributed by atoms with Crippen LogP contribution in [0.1, 0.15) is 25.7 Å². The van der Waals surface area contributed by atoms with Crippen LogP contribution >= 0.6 is 0 Å². The summed E-state index contributed by atoms with van der Waals surface area (Å²) in [6, 6.07) is 0.825. The van der Waals surface area contributed by atoms with Crippen LogP contribution in [0.4, 0.5) is 0 Å². The predicted molar refractivity (Wildman–Crippen MR) is 67.7 cm³/mol. The zero-order chi connectivity index (χ0) is 11.8. The lowest BCUT2D eigenvalue weighted by Gasteiger charge is -2.28. The molecule has 0 aliphatic carbocycles. The van der Waals surface area contributed by atoms with Gasteiger partial charge in [0.05, 0.1) is 6.10 Å². The molecule has 0 spiro atoms. The van der Waals surface area contributed by atoms with E-state index in [4.69, 9.17) is 5.11 Å². The monoisotopic (exact) mass is 229 g/mol. The minimum Gasteiger partial charge on any atom is -0.393 e. The first-order valence-electron chi connectivity index (χ1n) is 6.46. The average molecular weight is 229 g/mol. The van der Waals surface area contributed by atoms with Crippen LogP contribution in [-0.4, -0.2) is 62.4 Å². The molecule has 16 heavy (non-hydrogen) atoms. The summed E-state index contributed by atoms with van der Waals surface area (Å²) in [5.74, 6) is 0. The maximum absolute atomic E-state index is 8.87. The fraction of sp³-hybridized carbons (Fsp3) is 1.00. The second-order valence-electron chi connectivity index (χ2n) is 4.93. The van der Waals surface area contributed by atoms with E-state index < -0.39 is 0 Å². The molecular formula is C12H27N3O. The molecule has 2 rings (SSSR count). The van der Waals surface area contributed by atoms with E-state index in [1.165, 1.54) is 25.9 Å². The molecule has 2 aliphatic rings. The minimum absolute atomic E-state index is 0.0266. The number of rotatable bonds is 1. The van der Waals surface area contributed by atoms with E-state index in [0.29, 0.717) is 0 Å². The molecule has 3 N–H and O–H groups in total. The molecule has 0 atom stereocenters. The number of nitrogens with zero attached hydrogens (tertiary/aromatic N) is 1. The Bertz CT molecular complexity index is 164. The van der Waals surface area contributed by atoms with Crippen molar-refractivity contribution >= 4 is 0 Å². The fourth-order valence-electron chi connectivity index (χ4n) is 2.13. The first-order chi connectivity index (χ1) is 7.70. The molecule has 4 nitrogen and oxygen atoms in total. The summed E-state index contributed by atoms with van der Waals surface area (Å²) in [6.45, 7) is 4.37. The fourth-order valence-corrected chi connectivity index (χ4v) is 2.13. The quantitative estimate of drug-likeness (QED) is 0.594. The first-order valence-corrected chi connectivity index (χ1v) is 6.46. The van der Waals surface area contributed by atoms with E-state index >= 15 is 0 Å². The Morgan fingerprint density at radius 1 is 0.875 bits per heavy atom. The highest BCUT2D eigenvalue weighted by Gasteiger charge is 2.13. The van der Waals surface area contributed by atoms with Crippen molar-refractivity contribution in [2.75, 3.05) is 40.3 Å². The number of aliphatic hydroxyl groups excluding tert-OH is 1. The Kier molecular flexibility index (Phi) is 6.96. The van der Waals surface area contributed by atoms with Crippen LogP contribution in [0.2, 0.25) is 0 Å². The summed E-state index contributed by atoms with van der Waals surface area (Å²) in [7, 11) is 4.33. The summed E-state index contributed by atoms with van der Waals surface area (Å²) in [5.41, 5.74) is 0. The summed E-state index contributed by atoms with van der Waals surface area (Å²) in [5, 5.41) is 15.4. The van der Waals surface area contributed by atoms with E-state index in [0.717, 1.165) is 32.0 Å². The summed E-state index contributed by atoms with van der Waals surface area (Å²) in [4.78, 5) is 2.32. The van der Waals surface area contributed by atoms with Gasteiger partial charge in [-0.1, -0.05) is 0 Å². The van der Waals surface area contributed by atoms with Crippen molar-refractivity contribution in [2.24, 2.45) is 0 Å². The van der Waals surface area contributed by atoms with Gasteiger partial charge in [-0.15, -0.1) is 0 Å². The molecule has 0 aromatic rings. The summed E-state index contributed by atoms with van der Waals surface area (Å²) < 4.78 is 0. The Hall–Kier alpha value is -0.160. The maximum atomic E-state index is 8.87. The van der Waals surface area contributed by atoms with E-state index in [2.05, 4.69) is 29.6 Å². The predicted octanol–water partition coefficient (Wildman–Crippen LogP) is 0.0307. The molecule has 4 heteroatoms. The lowest BCUT2D eigenvalue weighted by atomic mass is 10.1. The number of nitrogens with one attached hydrogen (secondary N) is 2. The van der Waals surface area contributed by atoms with Gasteiger partial charge in [-0.25, -0.2) is 0 Å². The van der Waals surface area contributed by atoms with E-state index in [-0.39, 0.29) is 6.10 Å². The third kappa shape index (κ3) is 5.80. The third-order valence-electron chi connectivity index (χ3n) is 3.35. The van der Waals surface area contributed by atoms with Crippen molar-refractivity contribution in [3.63, 3.8) is 0 Å². The summed E-state index contributed by atoms with van der Waals surface area (Å²) >= 11 is 0. The average Bonchev–Trinajstić information content (AvgIpc) is 2.32. The van der Waals surface area contributed by atoms with Gasteiger partial charge in [0.25, 0.3) is 0 Å². The van der Waals surface area contributed by atoms with Gasteiger partial charge in [-0.2, -0.15) is 0 Å². The van der Waals surface area contributed by atoms with Gasteiger partial charge in [-0.3, -0.25) is 0 Å². The topological polar surface area (TPSA) is 47.5 Å². The number of hydrogen-bond donors (Lipinski definition) is 3. The van der Waals surface area contributed by atoms with E-state index in [9.17, 15) is 0 Å². The lowest BCUT2D eigenvalue weighted by Crippen LogP contribution is -2.39. The Balaban J connectivity index is 0.000000165. The van der Waals surface area contributed by atoms with Gasteiger partial charge in [0.1, 0.15) is 0 Å². The molecule has 0 aromatic heterocycles. The lowest BCUT2D eigenvalue weighted by molar-refractivity contribution is 0.137. The van der Waals surface area contributed by atoms with Crippen molar-refractivity contribution < 1.29 is 5.11 Å². The van der Waals surface area contributed by atoms with Gasteiger partial charge >= 0.3 is 0 Å². The molecule has 2 heterocycles. The molecule has 0 saturated carbocycles. The highest BCUT2D eigenvalue weighted by Crippen LogP contribution is 2.06. The Morgan fingerprint density at radius 2 is 1.31 bits per heavy atom. The Morgan fingerprint density at radius 3 is 1.56 bits per heavy atom. The normalized spacial score (nSPS) is 24.0. The maximum Gasteiger partial charge on any atom is 0.0564 e. The molecule has 2 aliphatic heterocycles. The molecule has 2 saturated heterocycles. The van der Waals surface area contributed by atoms with Crippen LogP contribution < -0.4 is 10.6 Å². The standard InChI is InChI=1S/C7H16N2.C5H11NO/c1-9(2)7-3-5-8-6-4-7;7-5-1-3-6-4-2-5/h7-8H,3-6H2,1-2H3;5-7H,1-4H2. The van der Waals surface area contributed by atoms with Crippen LogP contribution in [-0.2, 0) is 0 Å². The minimum atomic E-state index is -0.0266. The van der Waals surface area contributed by atoms with Gasteiger partial charge < -0.3 is 20.6 Å². The SMILES string of the molecule is CN(C)C1CCNCC1.OC1CCNCC1. The zero-order valence-corrected chi connectivity index (χ0v) is 10.7. The van der Waals surface area contributed by atoms with Crippen LogP contribution in [0, 0.1) is 0 Å². The van der Waals surface area contributed by atoms with E-state index in [1.807, 2.05) is 0 Å². The highest BCUT2D eigenvalue weighted by molar-refractivity contribution is 4.73. The zero-order valence-electron chi connectivity index (χ0n) is 10.7. The highest BCUT2D eigenvalue weighted by atomic mass is 16.3. The Labute approximate surface area is 99.4 Å². The van der Waals surface area contributed by atoms with Crippen LogP contribution in [0.3, 0.4) is 0 Å². The molecule has 0 amide bonds. The number of hydrogen-bond acceptors (Lipinski definition) is 4. The van der Waals surface area contributed by atoms with Crippen LogP contribution in [0.25, 0.3) is 0 Å². The van der Waals surface area contributed by atoms with Crippen molar-refractivity contribution in [1.29, 1.82) is 0 Å². The smallest absolute Gasteiger partial charge is 0.0564 e. The number of piperidine rings is 2. The van der Waals surface area contributed by atoms with Gasteiger partial charge in [0, 0.05) is 6.04 Å². The van der Waals surface area contributed by atoms with Crippen LogP contribution in [0.15, 0.2) is 0 Å². The van der Waals surface area contributed by atoms with Crippen molar-refractivity contribution in [1.82, 2.24) is 15.5 Å². The van der Waals surface area contributed by atoms with Crippen LogP contribution in [0.5, 0.6) is 0 Å². The molecule has 0 radical (unpaired) electrons. The molecule has 2 fully saturated rings. The third-order valence-corrected chi connectivity index (χ3v) is 3.35.